The van der Waals surface area contributed by atoms with Gasteiger partial charge in [-0.05, 0) is 76.4 Å². The fraction of sp³-hybridized carbons (Fsp3) is 0.481. The van der Waals surface area contributed by atoms with Gasteiger partial charge in [-0.1, -0.05) is 19.1 Å². The zero-order valence-electron chi connectivity index (χ0n) is 20.6. The highest BCUT2D eigenvalue weighted by Crippen LogP contribution is 2.41. The molecule has 1 aromatic carbocycles. The molecule has 2 N–H and O–H groups in total. The molecule has 1 aromatic heterocycles. The van der Waals surface area contributed by atoms with Gasteiger partial charge >= 0.3 is 0 Å². The number of hydrogen-bond donors (Lipinski definition) is 2. The Morgan fingerprint density at radius 1 is 1.12 bits per heavy atom. The van der Waals surface area contributed by atoms with Crippen LogP contribution in [0.15, 0.2) is 29.8 Å². The van der Waals surface area contributed by atoms with Crippen molar-refractivity contribution in [3.63, 3.8) is 0 Å². The van der Waals surface area contributed by atoms with E-state index in [-0.39, 0.29) is 11.3 Å². The molecule has 2 aromatic rings. The first-order chi connectivity index (χ1) is 16.3. The Kier molecular flexibility index (Phi) is 7.12. The number of aliphatic hydroxyl groups is 1. The number of Topliss-reactive ketones (excluding diaryl/α,β-unsaturated/α-hetero) is 1. The molecule has 0 radical (unpaired) electrons. The van der Waals surface area contributed by atoms with Gasteiger partial charge in [0.1, 0.15) is 11.5 Å². The maximum atomic E-state index is 13.3. The van der Waals surface area contributed by atoms with Crippen molar-refractivity contribution in [3.8, 4) is 5.75 Å². The summed E-state index contributed by atoms with van der Waals surface area (Å²) in [7, 11) is 0. The Labute approximate surface area is 201 Å². The van der Waals surface area contributed by atoms with Gasteiger partial charge in [0, 0.05) is 30.0 Å². The van der Waals surface area contributed by atoms with Gasteiger partial charge in [-0.2, -0.15) is 0 Å². The van der Waals surface area contributed by atoms with Crippen LogP contribution in [0.1, 0.15) is 60.3 Å². The number of nitrogens with one attached hydrogen (secondary N) is 1. The van der Waals surface area contributed by atoms with Crippen LogP contribution in [0.2, 0.25) is 0 Å². The fourth-order valence-electron chi connectivity index (χ4n) is 5.10. The zero-order chi connectivity index (χ0) is 24.4. The fourth-order valence-corrected chi connectivity index (χ4v) is 5.10. The normalized spacial score (nSPS) is 20.5. The molecule has 2 aliphatic rings. The molecular formula is C27H35N3O4. The first kappa shape index (κ1) is 24.1. The molecule has 34 heavy (non-hydrogen) atoms. The Bertz CT molecular complexity index is 1110. The van der Waals surface area contributed by atoms with E-state index in [9.17, 15) is 14.7 Å². The second kappa shape index (κ2) is 10.1. The second-order valence-corrected chi connectivity index (χ2v) is 9.34. The average molecular weight is 466 g/mol. The van der Waals surface area contributed by atoms with E-state index in [1.807, 2.05) is 52.0 Å². The molecule has 2 aliphatic heterocycles. The quantitative estimate of drug-likeness (QED) is 0.346. The first-order valence-electron chi connectivity index (χ1n) is 12.2. The zero-order valence-corrected chi connectivity index (χ0v) is 20.6. The van der Waals surface area contributed by atoms with Gasteiger partial charge in [-0.25, -0.2) is 0 Å². The lowest BCUT2D eigenvalue weighted by atomic mass is 9.94. The number of amides is 1. The molecular weight excluding hydrogens is 430 g/mol. The summed E-state index contributed by atoms with van der Waals surface area (Å²) in [5.41, 5.74) is 4.07. The number of aryl methyl sites for hydroxylation is 2. The molecule has 1 atom stereocenters. The molecule has 3 heterocycles. The summed E-state index contributed by atoms with van der Waals surface area (Å²) in [6.45, 7) is 11.5. The van der Waals surface area contributed by atoms with E-state index in [1.165, 1.54) is 0 Å². The van der Waals surface area contributed by atoms with E-state index in [0.29, 0.717) is 31.0 Å². The van der Waals surface area contributed by atoms with Crippen molar-refractivity contribution < 1.29 is 19.4 Å². The van der Waals surface area contributed by atoms with Gasteiger partial charge in [0.15, 0.2) is 0 Å². The van der Waals surface area contributed by atoms with Gasteiger partial charge in [0.2, 0.25) is 0 Å². The lowest BCUT2D eigenvalue weighted by Crippen LogP contribution is -2.37. The van der Waals surface area contributed by atoms with Crippen LogP contribution in [0.5, 0.6) is 5.75 Å². The molecule has 0 saturated carbocycles. The predicted octanol–water partition coefficient (Wildman–Crippen LogP) is 4.25. The Balaban J connectivity index is 1.80. The molecule has 1 amide bonds. The van der Waals surface area contributed by atoms with E-state index in [1.54, 1.807) is 4.90 Å². The highest BCUT2D eigenvalue weighted by Gasteiger charge is 2.46. The summed E-state index contributed by atoms with van der Waals surface area (Å²) in [5.74, 6) is -0.629. The molecule has 4 rings (SSSR count). The van der Waals surface area contributed by atoms with Crippen LogP contribution in [0, 0.1) is 20.8 Å². The Morgan fingerprint density at radius 3 is 2.50 bits per heavy atom. The lowest BCUT2D eigenvalue weighted by molar-refractivity contribution is -0.140. The smallest absolute Gasteiger partial charge is 0.295 e. The summed E-state index contributed by atoms with van der Waals surface area (Å²) >= 11 is 0. The van der Waals surface area contributed by atoms with E-state index >= 15 is 0 Å². The summed E-state index contributed by atoms with van der Waals surface area (Å²) in [6.07, 6.45) is 3.19. The van der Waals surface area contributed by atoms with Crippen molar-refractivity contribution in [3.05, 3.63) is 57.9 Å². The summed E-state index contributed by atoms with van der Waals surface area (Å²) in [4.78, 5) is 33.8. The molecule has 7 heteroatoms. The van der Waals surface area contributed by atoms with Crippen molar-refractivity contribution in [1.29, 1.82) is 0 Å². The monoisotopic (exact) mass is 465 g/mol. The number of carbonyl (C=O) groups excluding carboxylic acids is 2. The van der Waals surface area contributed by atoms with Gasteiger partial charge < -0.3 is 24.6 Å². The van der Waals surface area contributed by atoms with Gasteiger partial charge in [0.05, 0.1) is 18.2 Å². The number of hydrogen-bond acceptors (Lipinski definition) is 5. The summed E-state index contributed by atoms with van der Waals surface area (Å²) in [6, 6.07) is 6.86. The highest BCUT2D eigenvalue weighted by molar-refractivity contribution is 6.46. The first-order valence-corrected chi connectivity index (χ1v) is 12.2. The second-order valence-electron chi connectivity index (χ2n) is 9.34. The number of rotatable bonds is 8. The number of benzene rings is 1. The molecule has 0 spiro atoms. The number of carbonyl (C=O) groups is 2. The highest BCUT2D eigenvalue weighted by atomic mass is 16.5. The number of aliphatic hydroxyl groups excluding tert-OH is 1. The largest absolute Gasteiger partial charge is 0.507 e. The van der Waals surface area contributed by atoms with Crippen molar-refractivity contribution in [2.45, 2.75) is 53.0 Å². The number of ketones is 1. The molecule has 1 unspecified atom stereocenters. The number of H-pyrrole nitrogens is 1. The summed E-state index contributed by atoms with van der Waals surface area (Å²) in [5, 5.41) is 11.4. The third-order valence-electron chi connectivity index (χ3n) is 6.97. The third kappa shape index (κ3) is 4.49. The Morgan fingerprint density at radius 2 is 1.85 bits per heavy atom. The van der Waals surface area contributed by atoms with E-state index in [0.717, 1.165) is 54.9 Å². The minimum atomic E-state index is -0.665. The van der Waals surface area contributed by atoms with Crippen molar-refractivity contribution in [2.75, 3.05) is 32.8 Å². The predicted molar refractivity (Wildman–Crippen MR) is 132 cm³/mol. The Hall–Kier alpha value is -3.06. The number of ether oxygens (including phenoxy) is 1. The number of aromatic amines is 1. The van der Waals surface area contributed by atoms with Crippen LogP contribution < -0.4 is 4.74 Å². The average Bonchev–Trinajstić information content (AvgIpc) is 3.49. The van der Waals surface area contributed by atoms with Gasteiger partial charge in [-0.15, -0.1) is 0 Å². The van der Waals surface area contributed by atoms with Gasteiger partial charge in [-0.3, -0.25) is 9.59 Å². The van der Waals surface area contributed by atoms with Crippen LogP contribution in [0.3, 0.4) is 0 Å². The van der Waals surface area contributed by atoms with Crippen molar-refractivity contribution in [2.24, 2.45) is 0 Å². The van der Waals surface area contributed by atoms with Crippen molar-refractivity contribution in [1.82, 2.24) is 14.8 Å². The molecule has 0 aliphatic carbocycles. The van der Waals surface area contributed by atoms with Gasteiger partial charge in [0.25, 0.3) is 11.7 Å². The number of likely N-dealkylation sites (tertiary alicyclic amines) is 2. The van der Waals surface area contributed by atoms with Crippen LogP contribution >= 0.6 is 0 Å². The van der Waals surface area contributed by atoms with Crippen LogP contribution in [0.4, 0.5) is 0 Å². The third-order valence-corrected chi connectivity index (χ3v) is 6.97. The van der Waals surface area contributed by atoms with Crippen LogP contribution in [0.25, 0.3) is 5.76 Å². The molecule has 7 nitrogen and oxygen atoms in total. The molecule has 2 fully saturated rings. The summed E-state index contributed by atoms with van der Waals surface area (Å²) < 4.78 is 5.83. The van der Waals surface area contributed by atoms with E-state index < -0.39 is 17.7 Å². The minimum Gasteiger partial charge on any atom is -0.507 e. The van der Waals surface area contributed by atoms with Crippen LogP contribution in [-0.2, 0) is 9.59 Å². The number of aromatic nitrogens is 1. The molecule has 182 valence electrons. The van der Waals surface area contributed by atoms with E-state index in [4.69, 9.17) is 4.74 Å². The topological polar surface area (TPSA) is 85.9 Å². The van der Waals surface area contributed by atoms with Crippen LogP contribution in [-0.4, -0.2) is 64.4 Å². The standard InChI is InChI=1S/C27H35N3O4/c1-5-15-34-21-10-8-9-20(16-21)24-23(25(31)22-17(2)18(3)28-19(22)4)26(32)27(33)30(24)14-13-29-11-6-7-12-29/h8-10,16,24,28,31H,5-7,11-15H2,1-4H3/b25-23+. The van der Waals surface area contributed by atoms with Crippen molar-refractivity contribution >= 4 is 17.4 Å². The maximum Gasteiger partial charge on any atom is 0.295 e. The maximum absolute atomic E-state index is 13.3. The number of nitrogens with zero attached hydrogens (tertiary/aromatic N) is 2. The minimum absolute atomic E-state index is 0.119. The van der Waals surface area contributed by atoms with E-state index in [2.05, 4.69) is 9.88 Å². The molecule has 2 saturated heterocycles. The molecule has 0 bridgehead atoms. The lowest BCUT2D eigenvalue weighted by Gasteiger charge is -2.27. The SMILES string of the molecule is CCCOc1cccc(C2/C(=C(\O)c3c(C)[nH]c(C)c3C)C(=O)C(=O)N2CCN2CCCC2)c1.